The fourth-order valence-corrected chi connectivity index (χ4v) is 7.26. The Hall–Kier alpha value is -3.24. The van der Waals surface area contributed by atoms with Gasteiger partial charge in [0.2, 0.25) is 15.9 Å². The Morgan fingerprint density at radius 1 is 0.950 bits per heavy atom. The molecule has 3 aromatic carbocycles. The van der Waals surface area contributed by atoms with E-state index in [9.17, 15) is 30.8 Å². The molecule has 1 aliphatic carbocycles. The van der Waals surface area contributed by atoms with E-state index in [0.29, 0.717) is 31.2 Å². The highest BCUT2D eigenvalue weighted by Crippen LogP contribution is 2.40. The number of benzene rings is 3. The lowest BCUT2D eigenvalue weighted by Gasteiger charge is -2.35. The molecule has 0 radical (unpaired) electrons. The minimum atomic E-state index is -4.86. The molecule has 0 spiro atoms. The number of carbonyl (C=O) groups excluding carboxylic acids is 1. The summed E-state index contributed by atoms with van der Waals surface area (Å²) in [4.78, 5) is 11.6. The van der Waals surface area contributed by atoms with Crippen molar-refractivity contribution >= 4 is 15.9 Å². The molecule has 40 heavy (non-hydrogen) atoms. The topological polar surface area (TPSA) is 80.5 Å². The van der Waals surface area contributed by atoms with Gasteiger partial charge in [-0.1, -0.05) is 54.1 Å². The van der Waals surface area contributed by atoms with Crippen molar-refractivity contribution in [2.75, 3.05) is 6.54 Å². The van der Waals surface area contributed by atoms with Gasteiger partial charge in [-0.25, -0.2) is 12.8 Å². The van der Waals surface area contributed by atoms with Gasteiger partial charge in [-0.2, -0.15) is 17.5 Å². The molecule has 0 saturated heterocycles. The van der Waals surface area contributed by atoms with Crippen LogP contribution in [0.5, 0.6) is 0 Å². The molecule has 1 unspecified atom stereocenters. The van der Waals surface area contributed by atoms with Crippen LogP contribution in [0, 0.1) is 24.6 Å². The molecule has 4 rings (SSSR count). The van der Waals surface area contributed by atoms with Gasteiger partial charge in [-0.05, 0) is 79.8 Å². The molecule has 2 N–H and O–H groups in total. The molecule has 0 heterocycles. The van der Waals surface area contributed by atoms with Crippen LogP contribution in [0.1, 0.15) is 53.9 Å². The first-order chi connectivity index (χ1) is 18.9. The van der Waals surface area contributed by atoms with Gasteiger partial charge < -0.3 is 5.73 Å². The summed E-state index contributed by atoms with van der Waals surface area (Å²) in [6.45, 7) is 1.74. The average Bonchev–Trinajstić information content (AvgIpc) is 2.91. The summed E-state index contributed by atoms with van der Waals surface area (Å²) in [5.74, 6) is -1.56. The number of primary amides is 1. The zero-order valence-corrected chi connectivity index (χ0v) is 22.9. The van der Waals surface area contributed by atoms with E-state index in [4.69, 9.17) is 5.73 Å². The summed E-state index contributed by atoms with van der Waals surface area (Å²) in [5.41, 5.74) is 6.90. The first-order valence-corrected chi connectivity index (χ1v) is 14.6. The number of carbonyl (C=O) groups is 1. The van der Waals surface area contributed by atoms with E-state index in [2.05, 4.69) is 0 Å². The minimum absolute atomic E-state index is 0.00953. The quantitative estimate of drug-likeness (QED) is 0.299. The van der Waals surface area contributed by atoms with Gasteiger partial charge in [0.1, 0.15) is 5.82 Å². The largest absolute Gasteiger partial charge is 0.417 e. The van der Waals surface area contributed by atoms with Gasteiger partial charge in [-0.15, -0.1) is 0 Å². The molecule has 1 aliphatic rings. The highest BCUT2D eigenvalue weighted by atomic mass is 32.2. The maximum atomic E-state index is 13.8. The third-order valence-electron chi connectivity index (χ3n) is 7.65. The number of halogens is 4. The highest BCUT2D eigenvalue weighted by molar-refractivity contribution is 7.89. The first-order valence-electron chi connectivity index (χ1n) is 13.1. The number of amides is 1. The van der Waals surface area contributed by atoms with Crippen molar-refractivity contribution in [3.63, 3.8) is 0 Å². The van der Waals surface area contributed by atoms with Crippen molar-refractivity contribution in [2.24, 2.45) is 17.6 Å². The number of alkyl halides is 3. The normalized spacial score (nSPS) is 18.9. The van der Waals surface area contributed by atoms with Gasteiger partial charge in [0.05, 0.1) is 16.4 Å². The van der Waals surface area contributed by atoms with Gasteiger partial charge in [-0.3, -0.25) is 4.79 Å². The Kier molecular flexibility index (Phi) is 8.99. The number of hydrogen-bond acceptors (Lipinski definition) is 3. The second kappa shape index (κ2) is 12.1. The van der Waals surface area contributed by atoms with Gasteiger partial charge in [0, 0.05) is 13.1 Å². The lowest BCUT2D eigenvalue weighted by atomic mass is 9.73. The standard InChI is InChI=1S/C30H32F4N2O3S/c1-20-6-12-23(13-7-20)28(29(35)37)24-14-8-21(9-15-24)18-36(19-22-10-16-25(31)17-11-22)40(38,39)27-5-3-2-4-26(27)30(32,33)34/h2-7,10-13,16-17,21,24,28H,8-9,14-15,18-19H2,1H3,(H2,35,37). The number of rotatable bonds is 9. The molecular formula is C30H32F4N2O3S. The third kappa shape index (κ3) is 6.90. The second-order valence-corrected chi connectivity index (χ2v) is 12.4. The molecule has 1 fully saturated rings. The van der Waals surface area contributed by atoms with Crippen LogP contribution < -0.4 is 5.73 Å². The lowest BCUT2D eigenvalue weighted by Crippen LogP contribution is -2.38. The van der Waals surface area contributed by atoms with Gasteiger partial charge in [0.15, 0.2) is 0 Å². The van der Waals surface area contributed by atoms with Crippen LogP contribution in [-0.2, 0) is 27.5 Å². The Labute approximate surface area is 232 Å². The maximum absolute atomic E-state index is 13.8. The second-order valence-electron chi connectivity index (χ2n) is 10.5. The van der Waals surface area contributed by atoms with E-state index in [1.165, 1.54) is 30.3 Å². The summed E-state index contributed by atoms with van der Waals surface area (Å²) < 4.78 is 83.2. The average molecular weight is 577 g/mol. The predicted molar refractivity (Wildman–Crippen MR) is 144 cm³/mol. The molecule has 1 atom stereocenters. The first kappa shape index (κ1) is 29.7. The molecule has 214 valence electrons. The van der Waals surface area contributed by atoms with Crippen LogP contribution in [-0.4, -0.2) is 25.2 Å². The van der Waals surface area contributed by atoms with E-state index in [1.54, 1.807) is 0 Å². The van der Waals surface area contributed by atoms with Crippen LogP contribution in [0.4, 0.5) is 17.6 Å². The number of nitrogens with zero attached hydrogens (tertiary/aromatic N) is 1. The van der Waals surface area contributed by atoms with Crippen LogP contribution in [0.3, 0.4) is 0 Å². The molecule has 3 aromatic rings. The van der Waals surface area contributed by atoms with Crippen LogP contribution >= 0.6 is 0 Å². The van der Waals surface area contributed by atoms with Crippen molar-refractivity contribution in [3.8, 4) is 0 Å². The molecule has 5 nitrogen and oxygen atoms in total. The summed E-state index contributed by atoms with van der Waals surface area (Å²) in [5, 5.41) is 0. The maximum Gasteiger partial charge on any atom is 0.417 e. The SMILES string of the molecule is Cc1ccc(C(C(N)=O)C2CCC(CN(Cc3ccc(F)cc3)S(=O)(=O)c3ccccc3C(F)(F)F)CC2)cc1. The summed E-state index contributed by atoms with van der Waals surface area (Å²) in [6, 6.07) is 17.0. The van der Waals surface area contributed by atoms with E-state index in [1.807, 2.05) is 31.2 Å². The Balaban J connectivity index is 1.57. The van der Waals surface area contributed by atoms with Crippen LogP contribution in [0.2, 0.25) is 0 Å². The van der Waals surface area contributed by atoms with Crippen molar-refractivity contribution in [2.45, 2.75) is 56.1 Å². The predicted octanol–water partition coefficient (Wildman–Crippen LogP) is 6.42. The van der Waals surface area contributed by atoms with Crippen LogP contribution in [0.15, 0.2) is 77.7 Å². The third-order valence-corrected chi connectivity index (χ3v) is 9.52. The molecule has 0 aliphatic heterocycles. The fraction of sp³-hybridized carbons (Fsp3) is 0.367. The van der Waals surface area contributed by atoms with E-state index in [-0.39, 0.29) is 24.9 Å². The molecule has 10 heteroatoms. The minimum Gasteiger partial charge on any atom is -0.369 e. The van der Waals surface area contributed by atoms with Crippen molar-refractivity contribution in [3.05, 3.63) is 101 Å². The smallest absolute Gasteiger partial charge is 0.369 e. The number of sulfonamides is 1. The van der Waals surface area contributed by atoms with Gasteiger partial charge in [0.25, 0.3) is 0 Å². The van der Waals surface area contributed by atoms with Crippen molar-refractivity contribution < 1.29 is 30.8 Å². The molecular weight excluding hydrogens is 544 g/mol. The highest BCUT2D eigenvalue weighted by Gasteiger charge is 2.40. The fourth-order valence-electron chi connectivity index (χ4n) is 5.54. The number of aryl methyl sites for hydroxylation is 1. The van der Waals surface area contributed by atoms with E-state index >= 15 is 0 Å². The zero-order chi connectivity index (χ0) is 29.1. The molecule has 1 saturated carbocycles. The zero-order valence-electron chi connectivity index (χ0n) is 22.1. The Morgan fingerprint density at radius 2 is 1.55 bits per heavy atom. The van der Waals surface area contributed by atoms with Crippen molar-refractivity contribution in [1.82, 2.24) is 4.31 Å². The van der Waals surface area contributed by atoms with Crippen molar-refractivity contribution in [1.29, 1.82) is 0 Å². The Morgan fingerprint density at radius 3 is 2.12 bits per heavy atom. The van der Waals surface area contributed by atoms with E-state index < -0.39 is 44.3 Å². The van der Waals surface area contributed by atoms with Crippen LogP contribution in [0.25, 0.3) is 0 Å². The molecule has 0 aromatic heterocycles. The monoisotopic (exact) mass is 576 g/mol. The number of nitrogens with two attached hydrogens (primary N) is 1. The summed E-state index contributed by atoms with van der Waals surface area (Å²) >= 11 is 0. The number of hydrogen-bond donors (Lipinski definition) is 1. The Bertz CT molecular complexity index is 1420. The lowest BCUT2D eigenvalue weighted by molar-refractivity contribution is -0.140. The molecule has 1 amide bonds. The van der Waals surface area contributed by atoms with E-state index in [0.717, 1.165) is 33.6 Å². The van der Waals surface area contributed by atoms with Gasteiger partial charge >= 0.3 is 6.18 Å². The summed E-state index contributed by atoms with van der Waals surface area (Å²) in [7, 11) is -4.57. The molecule has 0 bridgehead atoms. The summed E-state index contributed by atoms with van der Waals surface area (Å²) in [6.07, 6.45) is -2.46.